The van der Waals surface area contributed by atoms with Gasteiger partial charge in [0.2, 0.25) is 17.7 Å². The van der Waals surface area contributed by atoms with Crippen molar-refractivity contribution in [2.24, 2.45) is 5.92 Å². The van der Waals surface area contributed by atoms with Crippen LogP contribution in [0, 0.1) is 5.92 Å². The molecular formula is C24H27N3O3. The van der Waals surface area contributed by atoms with Gasteiger partial charge in [0.1, 0.15) is 0 Å². The smallest absolute Gasteiger partial charge is 0.232 e. The van der Waals surface area contributed by atoms with E-state index in [0.29, 0.717) is 19.6 Å². The lowest BCUT2D eigenvalue weighted by atomic mass is 9.97. The number of nitrogens with zero attached hydrogens (tertiary/aromatic N) is 2. The SMILES string of the molecule is CC(=O)Nc1cccc2c1CCCN2C(=O)C1CC(=O)N(CCc2ccccc2)C1. The summed E-state index contributed by atoms with van der Waals surface area (Å²) in [5.41, 5.74) is 3.81. The standard InChI is InChI=1S/C24H27N3O3/c1-17(28)25-21-10-5-11-22-20(21)9-6-13-27(22)24(30)19-15-23(29)26(16-19)14-12-18-7-3-2-4-8-18/h2-5,7-8,10-11,19H,6,9,12-16H2,1H3,(H,25,28). The summed E-state index contributed by atoms with van der Waals surface area (Å²) in [6.07, 6.45) is 2.72. The quantitative estimate of drug-likeness (QED) is 0.831. The van der Waals surface area contributed by atoms with Gasteiger partial charge >= 0.3 is 0 Å². The van der Waals surface area contributed by atoms with Crippen molar-refractivity contribution >= 4 is 29.1 Å². The van der Waals surface area contributed by atoms with Crippen LogP contribution >= 0.6 is 0 Å². The zero-order valence-electron chi connectivity index (χ0n) is 17.3. The van der Waals surface area contributed by atoms with E-state index in [4.69, 9.17) is 0 Å². The van der Waals surface area contributed by atoms with Crippen molar-refractivity contribution in [3.8, 4) is 0 Å². The van der Waals surface area contributed by atoms with E-state index < -0.39 is 0 Å². The predicted molar refractivity (Wildman–Crippen MR) is 116 cm³/mol. The van der Waals surface area contributed by atoms with Crippen LogP contribution in [0.15, 0.2) is 48.5 Å². The average molecular weight is 405 g/mol. The van der Waals surface area contributed by atoms with Gasteiger partial charge in [-0.3, -0.25) is 14.4 Å². The fraction of sp³-hybridized carbons (Fsp3) is 0.375. The topological polar surface area (TPSA) is 69.7 Å². The summed E-state index contributed by atoms with van der Waals surface area (Å²) >= 11 is 0. The Kier molecular flexibility index (Phi) is 5.84. The third kappa shape index (κ3) is 4.22. The number of carbonyl (C=O) groups excluding carboxylic acids is 3. The third-order valence-electron chi connectivity index (χ3n) is 5.90. The number of hydrogen-bond acceptors (Lipinski definition) is 3. The van der Waals surface area contributed by atoms with Crippen molar-refractivity contribution in [1.82, 2.24) is 4.90 Å². The van der Waals surface area contributed by atoms with Gasteiger partial charge < -0.3 is 15.1 Å². The number of rotatable bonds is 5. The van der Waals surface area contributed by atoms with Crippen LogP contribution in [0.1, 0.15) is 30.9 Å². The molecule has 1 atom stereocenters. The van der Waals surface area contributed by atoms with Gasteiger partial charge in [-0.1, -0.05) is 36.4 Å². The summed E-state index contributed by atoms with van der Waals surface area (Å²) in [5, 5.41) is 2.87. The van der Waals surface area contributed by atoms with Crippen LogP contribution in [-0.4, -0.2) is 42.3 Å². The van der Waals surface area contributed by atoms with Gasteiger partial charge in [-0.05, 0) is 42.5 Å². The molecule has 2 aliphatic rings. The number of benzene rings is 2. The summed E-state index contributed by atoms with van der Waals surface area (Å²) < 4.78 is 0. The minimum absolute atomic E-state index is 0.00601. The van der Waals surface area contributed by atoms with Crippen LogP contribution < -0.4 is 10.2 Å². The molecule has 0 radical (unpaired) electrons. The van der Waals surface area contributed by atoms with Crippen molar-refractivity contribution in [3.63, 3.8) is 0 Å². The highest BCUT2D eigenvalue weighted by Crippen LogP contribution is 2.34. The third-order valence-corrected chi connectivity index (χ3v) is 5.90. The molecule has 2 aliphatic heterocycles. The Balaban J connectivity index is 1.45. The first kappa shape index (κ1) is 20.1. The number of carbonyl (C=O) groups is 3. The van der Waals surface area contributed by atoms with E-state index in [-0.39, 0.29) is 30.1 Å². The maximum atomic E-state index is 13.3. The number of nitrogens with one attached hydrogen (secondary N) is 1. The molecule has 1 fully saturated rings. The van der Waals surface area contributed by atoms with E-state index in [9.17, 15) is 14.4 Å². The Morgan fingerprint density at radius 2 is 1.90 bits per heavy atom. The van der Waals surface area contributed by atoms with Gasteiger partial charge in [0.15, 0.2) is 0 Å². The fourth-order valence-corrected chi connectivity index (χ4v) is 4.44. The molecule has 3 amide bonds. The molecule has 4 rings (SSSR count). The molecule has 1 saturated heterocycles. The van der Waals surface area contributed by atoms with Crippen molar-refractivity contribution in [1.29, 1.82) is 0 Å². The van der Waals surface area contributed by atoms with Crippen LogP contribution in [0.25, 0.3) is 0 Å². The summed E-state index contributed by atoms with van der Waals surface area (Å²) in [5.74, 6) is -0.383. The van der Waals surface area contributed by atoms with E-state index in [1.807, 2.05) is 46.2 Å². The maximum absolute atomic E-state index is 13.3. The highest BCUT2D eigenvalue weighted by atomic mass is 16.2. The van der Waals surface area contributed by atoms with Gasteiger partial charge in [-0.25, -0.2) is 0 Å². The molecule has 156 valence electrons. The minimum Gasteiger partial charge on any atom is -0.342 e. The van der Waals surface area contributed by atoms with Gasteiger partial charge in [0.05, 0.1) is 5.92 Å². The van der Waals surface area contributed by atoms with Crippen LogP contribution in [0.4, 0.5) is 11.4 Å². The normalized spacial score (nSPS) is 18.3. The zero-order valence-corrected chi connectivity index (χ0v) is 17.3. The number of amides is 3. The predicted octanol–water partition coefficient (Wildman–Crippen LogP) is 3.02. The highest BCUT2D eigenvalue weighted by Gasteiger charge is 2.38. The molecule has 2 aromatic rings. The van der Waals surface area contributed by atoms with E-state index in [1.54, 1.807) is 0 Å². The average Bonchev–Trinajstić information content (AvgIpc) is 3.12. The molecule has 30 heavy (non-hydrogen) atoms. The molecule has 6 nitrogen and oxygen atoms in total. The molecule has 0 aliphatic carbocycles. The lowest BCUT2D eigenvalue weighted by Crippen LogP contribution is -2.41. The van der Waals surface area contributed by atoms with E-state index >= 15 is 0 Å². The molecular weight excluding hydrogens is 378 g/mol. The molecule has 2 heterocycles. The maximum Gasteiger partial charge on any atom is 0.232 e. The number of anilines is 2. The second-order valence-corrected chi connectivity index (χ2v) is 8.05. The Bertz CT molecular complexity index is 957. The molecule has 0 spiro atoms. The summed E-state index contributed by atoms with van der Waals surface area (Å²) in [4.78, 5) is 41.0. The van der Waals surface area contributed by atoms with Gasteiger partial charge in [0.25, 0.3) is 0 Å². The van der Waals surface area contributed by atoms with Crippen LogP contribution in [0.2, 0.25) is 0 Å². The molecule has 0 saturated carbocycles. The Labute approximate surface area is 176 Å². The first-order valence-corrected chi connectivity index (χ1v) is 10.6. The minimum atomic E-state index is -0.316. The van der Waals surface area contributed by atoms with E-state index in [0.717, 1.165) is 36.2 Å². The molecule has 0 aromatic heterocycles. The largest absolute Gasteiger partial charge is 0.342 e. The lowest BCUT2D eigenvalue weighted by Gasteiger charge is -2.32. The van der Waals surface area contributed by atoms with Crippen molar-refractivity contribution in [3.05, 3.63) is 59.7 Å². The van der Waals surface area contributed by atoms with Gasteiger partial charge in [0, 0.05) is 44.4 Å². The van der Waals surface area contributed by atoms with Crippen LogP contribution in [0.5, 0.6) is 0 Å². The number of hydrogen-bond donors (Lipinski definition) is 1. The molecule has 2 aromatic carbocycles. The zero-order chi connectivity index (χ0) is 21.1. The van der Waals surface area contributed by atoms with Crippen LogP contribution in [-0.2, 0) is 27.2 Å². The number of fused-ring (bicyclic) bond motifs is 1. The highest BCUT2D eigenvalue weighted by molar-refractivity contribution is 6.01. The van der Waals surface area contributed by atoms with Crippen molar-refractivity contribution in [2.45, 2.75) is 32.6 Å². The molecule has 1 N–H and O–H groups in total. The Hall–Kier alpha value is -3.15. The summed E-state index contributed by atoms with van der Waals surface area (Å²) in [7, 11) is 0. The lowest BCUT2D eigenvalue weighted by molar-refractivity contribution is -0.128. The van der Waals surface area contributed by atoms with E-state index in [2.05, 4.69) is 17.4 Å². The Morgan fingerprint density at radius 3 is 2.67 bits per heavy atom. The summed E-state index contributed by atoms with van der Waals surface area (Å²) in [6, 6.07) is 15.8. The first-order chi connectivity index (χ1) is 14.5. The van der Waals surface area contributed by atoms with Crippen molar-refractivity contribution in [2.75, 3.05) is 29.9 Å². The molecule has 1 unspecified atom stereocenters. The fourth-order valence-electron chi connectivity index (χ4n) is 4.44. The molecule has 0 bridgehead atoms. The second kappa shape index (κ2) is 8.69. The summed E-state index contributed by atoms with van der Waals surface area (Å²) in [6.45, 7) is 3.24. The van der Waals surface area contributed by atoms with Gasteiger partial charge in [-0.15, -0.1) is 0 Å². The monoisotopic (exact) mass is 405 g/mol. The second-order valence-electron chi connectivity index (χ2n) is 8.05. The van der Waals surface area contributed by atoms with Gasteiger partial charge in [-0.2, -0.15) is 0 Å². The first-order valence-electron chi connectivity index (χ1n) is 10.6. The van der Waals surface area contributed by atoms with E-state index in [1.165, 1.54) is 12.5 Å². The molecule has 6 heteroatoms. The van der Waals surface area contributed by atoms with Crippen LogP contribution in [0.3, 0.4) is 0 Å². The van der Waals surface area contributed by atoms with Crippen molar-refractivity contribution < 1.29 is 14.4 Å². The number of likely N-dealkylation sites (tertiary alicyclic amines) is 1. The Morgan fingerprint density at radius 1 is 1.10 bits per heavy atom.